The van der Waals surface area contributed by atoms with E-state index in [2.05, 4.69) is 57.4 Å². The van der Waals surface area contributed by atoms with Gasteiger partial charge in [0, 0.05) is 24.0 Å². The molecule has 0 aliphatic carbocycles. The zero-order valence-electron chi connectivity index (χ0n) is 16.9. The summed E-state index contributed by atoms with van der Waals surface area (Å²) in [6, 6.07) is 15.5. The van der Waals surface area contributed by atoms with Crippen LogP contribution in [0.25, 0.3) is 0 Å². The van der Waals surface area contributed by atoms with Crippen molar-refractivity contribution in [3.8, 4) is 5.75 Å². The third kappa shape index (κ3) is 8.12. The van der Waals surface area contributed by atoms with Crippen LogP contribution in [0, 0.1) is 0 Å². The first-order valence-electron chi connectivity index (χ1n) is 9.81. The number of rotatable bonds is 10. The molecule has 0 bridgehead atoms. The molecule has 2 aromatic carbocycles. The van der Waals surface area contributed by atoms with Crippen molar-refractivity contribution in [1.29, 1.82) is 0 Å². The smallest absolute Gasteiger partial charge is 0.261 e. The minimum absolute atomic E-state index is 0.290. The standard InChI is InChI=1S/C22H28BrN3O2S/c1-3-26(4-2)14-13-24-22(29)25-21(27)19-16-18(23)10-11-20(19)28-15-12-17-8-6-5-7-9-17/h5-11,16H,3-4,12-15H2,1-2H3,(H2,24,25,27,29). The number of hydrogen-bond acceptors (Lipinski definition) is 4. The Labute approximate surface area is 186 Å². The van der Waals surface area contributed by atoms with Gasteiger partial charge in [0.2, 0.25) is 0 Å². The van der Waals surface area contributed by atoms with Crippen molar-refractivity contribution >= 4 is 39.2 Å². The van der Waals surface area contributed by atoms with Gasteiger partial charge < -0.3 is 15.0 Å². The average Bonchev–Trinajstić information content (AvgIpc) is 2.73. The second-order valence-electron chi connectivity index (χ2n) is 6.46. The van der Waals surface area contributed by atoms with E-state index < -0.39 is 0 Å². The van der Waals surface area contributed by atoms with Crippen LogP contribution in [-0.2, 0) is 6.42 Å². The van der Waals surface area contributed by atoms with E-state index in [0.717, 1.165) is 30.5 Å². The minimum atomic E-state index is -0.290. The van der Waals surface area contributed by atoms with Gasteiger partial charge >= 0.3 is 0 Å². The van der Waals surface area contributed by atoms with Crippen LogP contribution in [0.3, 0.4) is 0 Å². The number of benzene rings is 2. The first kappa shape index (κ1) is 23.3. The van der Waals surface area contributed by atoms with E-state index in [9.17, 15) is 4.79 Å². The molecule has 29 heavy (non-hydrogen) atoms. The summed E-state index contributed by atoms with van der Waals surface area (Å²) in [4.78, 5) is 15.0. The molecule has 0 unspecified atom stereocenters. The number of nitrogens with one attached hydrogen (secondary N) is 2. The molecule has 2 N–H and O–H groups in total. The molecule has 5 nitrogen and oxygen atoms in total. The van der Waals surface area contributed by atoms with Gasteiger partial charge in [0.25, 0.3) is 5.91 Å². The summed E-state index contributed by atoms with van der Waals surface area (Å²) in [5.74, 6) is 0.244. The fourth-order valence-electron chi connectivity index (χ4n) is 2.81. The summed E-state index contributed by atoms with van der Waals surface area (Å²) in [6.07, 6.45) is 0.767. The third-order valence-corrected chi connectivity index (χ3v) is 5.25. The molecule has 0 aliphatic rings. The van der Waals surface area contributed by atoms with Crippen LogP contribution in [0.1, 0.15) is 29.8 Å². The van der Waals surface area contributed by atoms with Crippen molar-refractivity contribution in [2.75, 3.05) is 32.8 Å². The number of amides is 1. The maximum absolute atomic E-state index is 12.7. The minimum Gasteiger partial charge on any atom is -0.492 e. The Hall–Kier alpha value is -1.96. The molecule has 0 aromatic heterocycles. The number of thiocarbonyl (C=S) groups is 1. The number of carbonyl (C=O) groups is 1. The largest absolute Gasteiger partial charge is 0.492 e. The van der Waals surface area contributed by atoms with Crippen LogP contribution in [0.5, 0.6) is 5.75 Å². The number of ether oxygens (including phenoxy) is 1. The Morgan fingerprint density at radius 3 is 2.55 bits per heavy atom. The molecule has 0 aliphatic heterocycles. The Bertz CT molecular complexity index is 798. The van der Waals surface area contributed by atoms with Gasteiger partial charge in [0.15, 0.2) is 5.11 Å². The van der Waals surface area contributed by atoms with E-state index in [1.165, 1.54) is 5.56 Å². The number of halogens is 1. The zero-order chi connectivity index (χ0) is 21.1. The van der Waals surface area contributed by atoms with Gasteiger partial charge in [0.1, 0.15) is 5.75 Å². The second-order valence-corrected chi connectivity index (χ2v) is 7.79. The fourth-order valence-corrected chi connectivity index (χ4v) is 3.37. The summed E-state index contributed by atoms with van der Waals surface area (Å²) in [5.41, 5.74) is 1.63. The maximum Gasteiger partial charge on any atom is 0.261 e. The summed E-state index contributed by atoms with van der Waals surface area (Å²) in [5, 5.41) is 6.15. The molecule has 2 rings (SSSR count). The number of hydrogen-bond donors (Lipinski definition) is 2. The number of likely N-dealkylation sites (N-methyl/N-ethyl adjacent to an activating group) is 1. The first-order chi connectivity index (χ1) is 14.0. The topological polar surface area (TPSA) is 53.6 Å². The Morgan fingerprint density at radius 2 is 1.86 bits per heavy atom. The molecular formula is C22H28BrN3O2S. The van der Waals surface area contributed by atoms with Crippen LogP contribution in [0.15, 0.2) is 53.0 Å². The summed E-state index contributed by atoms with van der Waals surface area (Å²) >= 11 is 8.69. The van der Waals surface area contributed by atoms with Gasteiger partial charge in [0.05, 0.1) is 12.2 Å². The second kappa shape index (κ2) is 12.6. The molecule has 156 valence electrons. The van der Waals surface area contributed by atoms with Crippen LogP contribution >= 0.6 is 28.1 Å². The van der Waals surface area contributed by atoms with Crippen molar-refractivity contribution in [1.82, 2.24) is 15.5 Å². The van der Waals surface area contributed by atoms with E-state index in [0.29, 0.717) is 29.6 Å². The highest BCUT2D eigenvalue weighted by molar-refractivity contribution is 9.10. The molecule has 0 saturated heterocycles. The molecule has 0 fully saturated rings. The Kier molecular flexibility index (Phi) is 10.1. The lowest BCUT2D eigenvalue weighted by atomic mass is 10.1. The zero-order valence-corrected chi connectivity index (χ0v) is 19.3. The maximum atomic E-state index is 12.7. The summed E-state index contributed by atoms with van der Waals surface area (Å²) in [7, 11) is 0. The van der Waals surface area contributed by atoms with Crippen molar-refractivity contribution in [3.05, 3.63) is 64.1 Å². The summed E-state index contributed by atoms with van der Waals surface area (Å²) in [6.45, 7) is 8.25. The van der Waals surface area contributed by atoms with Crippen LogP contribution in [0.4, 0.5) is 0 Å². The lowest BCUT2D eigenvalue weighted by Crippen LogP contribution is -2.42. The molecule has 1 amide bonds. The number of carbonyl (C=O) groups excluding carboxylic acids is 1. The van der Waals surface area contributed by atoms with Gasteiger partial charge in [-0.05, 0) is 49.1 Å². The molecular weight excluding hydrogens is 450 g/mol. The monoisotopic (exact) mass is 477 g/mol. The molecule has 0 saturated carbocycles. The van der Waals surface area contributed by atoms with Gasteiger partial charge in [-0.2, -0.15) is 0 Å². The highest BCUT2D eigenvalue weighted by Crippen LogP contribution is 2.23. The Morgan fingerprint density at radius 1 is 1.14 bits per heavy atom. The van der Waals surface area contributed by atoms with Gasteiger partial charge in [-0.3, -0.25) is 10.1 Å². The molecule has 0 atom stereocenters. The predicted octanol–water partition coefficient (Wildman–Crippen LogP) is 4.02. The fraction of sp³-hybridized carbons (Fsp3) is 0.364. The third-order valence-electron chi connectivity index (χ3n) is 4.51. The van der Waals surface area contributed by atoms with Crippen LogP contribution in [-0.4, -0.2) is 48.7 Å². The van der Waals surface area contributed by atoms with E-state index in [4.69, 9.17) is 17.0 Å². The molecule has 2 aromatic rings. The van der Waals surface area contributed by atoms with Crippen molar-refractivity contribution in [3.63, 3.8) is 0 Å². The van der Waals surface area contributed by atoms with E-state index >= 15 is 0 Å². The average molecular weight is 478 g/mol. The predicted molar refractivity (Wildman–Crippen MR) is 126 cm³/mol. The quantitative estimate of drug-likeness (QED) is 0.506. The SMILES string of the molecule is CCN(CC)CCNC(=S)NC(=O)c1cc(Br)ccc1OCCc1ccccc1. The lowest BCUT2D eigenvalue weighted by Gasteiger charge is -2.19. The van der Waals surface area contributed by atoms with Crippen molar-refractivity contribution in [2.24, 2.45) is 0 Å². The lowest BCUT2D eigenvalue weighted by molar-refractivity contribution is 0.0972. The molecule has 0 spiro atoms. The van der Waals surface area contributed by atoms with Crippen LogP contribution in [0.2, 0.25) is 0 Å². The first-order valence-corrected chi connectivity index (χ1v) is 11.0. The number of nitrogens with zero attached hydrogens (tertiary/aromatic N) is 1. The molecule has 7 heteroatoms. The van der Waals surface area contributed by atoms with E-state index in [-0.39, 0.29) is 5.91 Å². The highest BCUT2D eigenvalue weighted by atomic mass is 79.9. The van der Waals surface area contributed by atoms with Gasteiger partial charge in [-0.25, -0.2) is 0 Å². The Balaban J connectivity index is 1.91. The highest BCUT2D eigenvalue weighted by Gasteiger charge is 2.15. The van der Waals surface area contributed by atoms with Crippen molar-refractivity contribution in [2.45, 2.75) is 20.3 Å². The van der Waals surface area contributed by atoms with Crippen LogP contribution < -0.4 is 15.4 Å². The summed E-state index contributed by atoms with van der Waals surface area (Å²) < 4.78 is 6.69. The normalized spacial score (nSPS) is 10.6. The van der Waals surface area contributed by atoms with Crippen molar-refractivity contribution < 1.29 is 9.53 Å². The van der Waals surface area contributed by atoms with E-state index in [1.807, 2.05) is 24.3 Å². The molecule has 0 heterocycles. The van der Waals surface area contributed by atoms with Gasteiger partial charge in [-0.1, -0.05) is 60.1 Å². The van der Waals surface area contributed by atoms with Gasteiger partial charge in [-0.15, -0.1) is 0 Å². The van der Waals surface area contributed by atoms with E-state index in [1.54, 1.807) is 12.1 Å². The molecule has 0 radical (unpaired) electrons.